The minimum absolute atomic E-state index is 0.886. The quantitative estimate of drug-likeness (QED) is 0.888. The molecule has 20 heavy (non-hydrogen) atoms. The van der Waals surface area contributed by atoms with Gasteiger partial charge in [-0.05, 0) is 43.0 Å². The number of hydrogen-bond donors (Lipinski definition) is 1. The molecule has 0 aliphatic carbocycles. The number of piperidine rings is 1. The van der Waals surface area contributed by atoms with E-state index in [1.807, 2.05) is 6.07 Å². The van der Waals surface area contributed by atoms with Gasteiger partial charge in [-0.3, -0.25) is 0 Å². The van der Waals surface area contributed by atoms with Crippen molar-refractivity contribution in [2.75, 3.05) is 23.3 Å². The van der Waals surface area contributed by atoms with E-state index in [0.717, 1.165) is 6.54 Å². The summed E-state index contributed by atoms with van der Waals surface area (Å²) in [6.07, 6.45) is 4.02. The van der Waals surface area contributed by atoms with Crippen molar-refractivity contribution >= 4 is 11.4 Å². The van der Waals surface area contributed by atoms with Crippen LogP contribution in [-0.2, 0) is 6.54 Å². The Kier molecular flexibility index (Phi) is 4.22. The van der Waals surface area contributed by atoms with Gasteiger partial charge in [0.05, 0.1) is 0 Å². The molecule has 0 bridgehead atoms. The van der Waals surface area contributed by atoms with Gasteiger partial charge in [-0.2, -0.15) is 0 Å². The van der Waals surface area contributed by atoms with E-state index in [4.69, 9.17) is 0 Å². The van der Waals surface area contributed by atoms with Gasteiger partial charge in [0.1, 0.15) is 0 Å². The molecule has 1 saturated heterocycles. The van der Waals surface area contributed by atoms with Crippen molar-refractivity contribution in [2.45, 2.75) is 25.8 Å². The average molecular weight is 266 g/mol. The minimum atomic E-state index is 0.886. The highest BCUT2D eigenvalue weighted by Crippen LogP contribution is 2.24. The van der Waals surface area contributed by atoms with Gasteiger partial charge in [-0.25, -0.2) is 0 Å². The molecule has 0 radical (unpaired) electrons. The summed E-state index contributed by atoms with van der Waals surface area (Å²) in [6.45, 7) is 3.28. The molecule has 1 aliphatic heterocycles. The van der Waals surface area contributed by atoms with E-state index < -0.39 is 0 Å². The molecule has 2 aromatic rings. The second-order valence-electron chi connectivity index (χ2n) is 5.40. The normalized spacial score (nSPS) is 15.1. The summed E-state index contributed by atoms with van der Waals surface area (Å²) in [4.78, 5) is 2.53. The molecule has 1 aliphatic rings. The molecule has 0 atom stereocenters. The maximum absolute atomic E-state index is 3.51. The van der Waals surface area contributed by atoms with Crippen LogP contribution in [0.15, 0.2) is 54.6 Å². The Bertz CT molecular complexity index is 530. The van der Waals surface area contributed by atoms with Crippen LogP contribution >= 0.6 is 0 Å². The first-order chi connectivity index (χ1) is 9.93. The van der Waals surface area contributed by atoms with E-state index in [1.165, 1.54) is 49.3 Å². The average Bonchev–Trinajstić information content (AvgIpc) is 2.55. The van der Waals surface area contributed by atoms with E-state index >= 15 is 0 Å². The first kappa shape index (κ1) is 13.0. The molecule has 3 rings (SSSR count). The lowest BCUT2D eigenvalue weighted by Crippen LogP contribution is -2.30. The maximum atomic E-state index is 3.51. The van der Waals surface area contributed by atoms with Crippen LogP contribution in [-0.4, -0.2) is 13.1 Å². The Hall–Kier alpha value is -1.96. The summed E-state index contributed by atoms with van der Waals surface area (Å²) >= 11 is 0. The fourth-order valence-corrected chi connectivity index (χ4v) is 2.86. The molecule has 2 aromatic carbocycles. The van der Waals surface area contributed by atoms with Crippen LogP contribution in [0.1, 0.15) is 24.8 Å². The first-order valence-corrected chi connectivity index (χ1v) is 7.55. The van der Waals surface area contributed by atoms with Crippen LogP contribution in [0.25, 0.3) is 0 Å². The van der Waals surface area contributed by atoms with Crippen molar-refractivity contribution in [2.24, 2.45) is 0 Å². The fraction of sp³-hybridized carbons (Fsp3) is 0.333. The van der Waals surface area contributed by atoms with Gasteiger partial charge in [-0.1, -0.05) is 36.4 Å². The SMILES string of the molecule is c1ccc(NCc2ccccc2N2CCCCC2)cc1. The van der Waals surface area contributed by atoms with E-state index in [0.29, 0.717) is 0 Å². The van der Waals surface area contributed by atoms with Crippen LogP contribution < -0.4 is 10.2 Å². The number of nitrogens with one attached hydrogen (secondary N) is 1. The van der Waals surface area contributed by atoms with Gasteiger partial charge in [0.15, 0.2) is 0 Å². The third-order valence-electron chi connectivity index (χ3n) is 3.95. The highest BCUT2D eigenvalue weighted by molar-refractivity contribution is 5.55. The van der Waals surface area contributed by atoms with Crippen molar-refractivity contribution in [3.63, 3.8) is 0 Å². The zero-order valence-corrected chi connectivity index (χ0v) is 11.9. The van der Waals surface area contributed by atoms with Crippen molar-refractivity contribution in [3.05, 3.63) is 60.2 Å². The van der Waals surface area contributed by atoms with Crippen molar-refractivity contribution in [1.82, 2.24) is 0 Å². The van der Waals surface area contributed by atoms with Gasteiger partial charge in [0.2, 0.25) is 0 Å². The van der Waals surface area contributed by atoms with E-state index in [9.17, 15) is 0 Å². The van der Waals surface area contributed by atoms with Crippen LogP contribution in [0.5, 0.6) is 0 Å². The summed E-state index contributed by atoms with van der Waals surface area (Å²) in [5, 5.41) is 3.51. The topological polar surface area (TPSA) is 15.3 Å². The third-order valence-corrected chi connectivity index (χ3v) is 3.95. The van der Waals surface area contributed by atoms with E-state index in [2.05, 4.69) is 58.7 Å². The smallest absolute Gasteiger partial charge is 0.0421 e. The second kappa shape index (κ2) is 6.47. The summed E-state index contributed by atoms with van der Waals surface area (Å²) in [7, 11) is 0. The number of para-hydroxylation sites is 2. The van der Waals surface area contributed by atoms with Crippen molar-refractivity contribution < 1.29 is 0 Å². The summed E-state index contributed by atoms with van der Waals surface area (Å²) in [6, 6.07) is 19.2. The third kappa shape index (κ3) is 3.13. The Morgan fingerprint density at radius 2 is 1.50 bits per heavy atom. The molecule has 0 aromatic heterocycles. The van der Waals surface area contributed by atoms with Crippen molar-refractivity contribution in [3.8, 4) is 0 Å². The van der Waals surface area contributed by atoms with Gasteiger partial charge in [-0.15, -0.1) is 0 Å². The number of nitrogens with zero attached hydrogens (tertiary/aromatic N) is 1. The molecule has 0 saturated carbocycles. The minimum Gasteiger partial charge on any atom is -0.381 e. The molecule has 104 valence electrons. The molecule has 0 amide bonds. The maximum Gasteiger partial charge on any atom is 0.0421 e. The molecule has 1 N–H and O–H groups in total. The zero-order valence-electron chi connectivity index (χ0n) is 11.9. The zero-order chi connectivity index (χ0) is 13.6. The lowest BCUT2D eigenvalue weighted by atomic mass is 10.1. The van der Waals surface area contributed by atoms with Gasteiger partial charge in [0, 0.05) is 31.0 Å². The summed E-state index contributed by atoms with van der Waals surface area (Å²) < 4.78 is 0. The van der Waals surface area contributed by atoms with Crippen LogP contribution in [0.3, 0.4) is 0 Å². The Balaban J connectivity index is 1.72. The summed E-state index contributed by atoms with van der Waals surface area (Å²) in [5.74, 6) is 0. The fourth-order valence-electron chi connectivity index (χ4n) is 2.86. The molecule has 1 heterocycles. The van der Waals surface area contributed by atoms with Crippen LogP contribution in [0, 0.1) is 0 Å². The Labute approximate surface area is 121 Å². The van der Waals surface area contributed by atoms with Crippen LogP contribution in [0.2, 0.25) is 0 Å². The number of hydrogen-bond acceptors (Lipinski definition) is 2. The number of rotatable bonds is 4. The predicted molar refractivity (Wildman–Crippen MR) is 86.3 cm³/mol. The lowest BCUT2D eigenvalue weighted by Gasteiger charge is -2.30. The van der Waals surface area contributed by atoms with Crippen molar-refractivity contribution in [1.29, 1.82) is 0 Å². The predicted octanol–water partition coefficient (Wildman–Crippen LogP) is 4.29. The van der Waals surface area contributed by atoms with Crippen LogP contribution in [0.4, 0.5) is 11.4 Å². The first-order valence-electron chi connectivity index (χ1n) is 7.55. The van der Waals surface area contributed by atoms with Gasteiger partial charge in [0.25, 0.3) is 0 Å². The molecule has 0 spiro atoms. The second-order valence-corrected chi connectivity index (χ2v) is 5.40. The highest BCUT2D eigenvalue weighted by atomic mass is 15.1. The molecular formula is C18H22N2. The summed E-state index contributed by atoms with van der Waals surface area (Å²) in [5.41, 5.74) is 3.97. The molecular weight excluding hydrogens is 244 g/mol. The Morgan fingerprint density at radius 3 is 2.30 bits per heavy atom. The molecule has 2 heteroatoms. The number of benzene rings is 2. The monoisotopic (exact) mass is 266 g/mol. The number of anilines is 2. The van der Waals surface area contributed by atoms with E-state index in [-0.39, 0.29) is 0 Å². The lowest BCUT2D eigenvalue weighted by molar-refractivity contribution is 0.576. The van der Waals surface area contributed by atoms with Gasteiger partial charge >= 0.3 is 0 Å². The largest absolute Gasteiger partial charge is 0.381 e. The van der Waals surface area contributed by atoms with E-state index in [1.54, 1.807) is 0 Å². The standard InChI is InChI=1S/C18H22N2/c1-3-10-17(11-4-1)19-15-16-9-5-6-12-18(16)20-13-7-2-8-14-20/h1,3-6,9-12,19H,2,7-8,13-15H2. The Morgan fingerprint density at radius 1 is 0.800 bits per heavy atom. The highest BCUT2D eigenvalue weighted by Gasteiger charge is 2.13. The van der Waals surface area contributed by atoms with Gasteiger partial charge < -0.3 is 10.2 Å². The molecule has 2 nitrogen and oxygen atoms in total. The molecule has 1 fully saturated rings. The molecule has 0 unspecified atom stereocenters.